The average Bonchev–Trinajstić information content (AvgIpc) is 2.74. The summed E-state index contributed by atoms with van der Waals surface area (Å²) in [5.41, 5.74) is 2.94. The Morgan fingerprint density at radius 3 is 2.55 bits per heavy atom. The van der Waals surface area contributed by atoms with Crippen molar-refractivity contribution in [2.24, 2.45) is 12.0 Å². The van der Waals surface area contributed by atoms with Crippen LogP contribution in [0.2, 0.25) is 0 Å². The van der Waals surface area contributed by atoms with Gasteiger partial charge in [-0.2, -0.15) is 0 Å². The smallest absolute Gasteiger partial charge is 0.200 e. The van der Waals surface area contributed by atoms with Crippen molar-refractivity contribution in [3.05, 3.63) is 65.7 Å². The summed E-state index contributed by atoms with van der Waals surface area (Å²) in [5.74, 6) is 0.253. The number of rotatable bonds is 3. The molecule has 0 saturated carbocycles. The summed E-state index contributed by atoms with van der Waals surface area (Å²) in [7, 11) is 1.85. The van der Waals surface area contributed by atoms with Crippen LogP contribution in [0.15, 0.2) is 59.6 Å². The molecule has 3 nitrogen and oxygen atoms in total. The van der Waals surface area contributed by atoms with Gasteiger partial charge < -0.3 is 9.67 Å². The zero-order chi connectivity index (χ0) is 13.9. The lowest BCUT2D eigenvalue weighted by Crippen LogP contribution is -1.87. The van der Waals surface area contributed by atoms with Crippen LogP contribution in [0.25, 0.3) is 10.9 Å². The van der Waals surface area contributed by atoms with Crippen LogP contribution in [0.5, 0.6) is 5.88 Å². The van der Waals surface area contributed by atoms with Gasteiger partial charge in [0.1, 0.15) is 0 Å². The molecule has 0 radical (unpaired) electrons. The number of fused-ring (bicyclic) bond motifs is 1. The molecule has 0 aliphatic carbocycles. The van der Waals surface area contributed by atoms with E-state index in [9.17, 15) is 5.11 Å². The predicted molar refractivity (Wildman–Crippen MR) is 82.3 cm³/mol. The molecule has 3 aromatic rings. The zero-order valence-electron chi connectivity index (χ0n) is 11.3. The molecule has 3 heteroatoms. The van der Waals surface area contributed by atoms with Gasteiger partial charge in [-0.05, 0) is 11.6 Å². The van der Waals surface area contributed by atoms with Crippen molar-refractivity contribution >= 4 is 17.1 Å². The van der Waals surface area contributed by atoms with Crippen molar-refractivity contribution < 1.29 is 5.11 Å². The van der Waals surface area contributed by atoms with Crippen LogP contribution in [0, 0.1) is 0 Å². The van der Waals surface area contributed by atoms with Crippen molar-refractivity contribution in [2.45, 2.75) is 6.54 Å². The van der Waals surface area contributed by atoms with Crippen molar-refractivity contribution in [3.63, 3.8) is 0 Å². The van der Waals surface area contributed by atoms with Crippen LogP contribution in [0.3, 0.4) is 0 Å². The van der Waals surface area contributed by atoms with E-state index in [0.717, 1.165) is 22.0 Å². The van der Waals surface area contributed by atoms with Crippen molar-refractivity contribution in [2.75, 3.05) is 0 Å². The molecule has 0 aliphatic rings. The van der Waals surface area contributed by atoms with Gasteiger partial charge in [-0.25, -0.2) is 0 Å². The highest BCUT2D eigenvalue weighted by molar-refractivity contribution is 6.02. The van der Waals surface area contributed by atoms with Crippen LogP contribution < -0.4 is 0 Å². The second-order valence-corrected chi connectivity index (χ2v) is 4.77. The Bertz CT molecular complexity index is 757. The predicted octanol–water partition coefficient (Wildman–Crippen LogP) is 3.50. The molecule has 0 aliphatic heterocycles. The van der Waals surface area contributed by atoms with E-state index in [1.54, 1.807) is 10.8 Å². The first kappa shape index (κ1) is 12.5. The lowest BCUT2D eigenvalue weighted by atomic mass is 10.2. The Morgan fingerprint density at radius 1 is 1.05 bits per heavy atom. The lowest BCUT2D eigenvalue weighted by Gasteiger charge is -1.96. The molecule has 0 amide bonds. The molecule has 0 bridgehead atoms. The SMILES string of the molecule is Cn1c(O)c(C=NCc2ccccc2)c2ccccc21. The normalized spacial score (nSPS) is 11.4. The van der Waals surface area contributed by atoms with Gasteiger partial charge in [-0.15, -0.1) is 0 Å². The highest BCUT2D eigenvalue weighted by Crippen LogP contribution is 2.28. The number of hydrogen-bond donors (Lipinski definition) is 1. The molecule has 2 aromatic carbocycles. The minimum absolute atomic E-state index is 0.253. The molecular formula is C17H16N2O. The third-order valence-electron chi connectivity index (χ3n) is 3.45. The first-order chi connectivity index (χ1) is 9.77. The quantitative estimate of drug-likeness (QED) is 0.722. The van der Waals surface area contributed by atoms with Crippen molar-refractivity contribution in [1.29, 1.82) is 0 Å². The van der Waals surface area contributed by atoms with Gasteiger partial charge in [-0.1, -0.05) is 48.5 Å². The van der Waals surface area contributed by atoms with Crippen molar-refractivity contribution in [3.8, 4) is 5.88 Å². The third kappa shape index (κ3) is 2.18. The maximum atomic E-state index is 10.2. The molecule has 0 atom stereocenters. The number of nitrogens with zero attached hydrogens (tertiary/aromatic N) is 2. The lowest BCUT2D eigenvalue weighted by molar-refractivity contribution is 0.434. The Labute approximate surface area is 117 Å². The van der Waals surface area contributed by atoms with Gasteiger partial charge in [0.05, 0.1) is 17.6 Å². The minimum Gasteiger partial charge on any atom is -0.494 e. The maximum absolute atomic E-state index is 10.2. The summed E-state index contributed by atoms with van der Waals surface area (Å²) in [6.45, 7) is 0.615. The number of aromatic nitrogens is 1. The summed E-state index contributed by atoms with van der Waals surface area (Å²) >= 11 is 0. The monoisotopic (exact) mass is 264 g/mol. The summed E-state index contributed by atoms with van der Waals surface area (Å²) < 4.78 is 1.78. The Hall–Kier alpha value is -2.55. The molecule has 3 rings (SSSR count). The molecule has 20 heavy (non-hydrogen) atoms. The highest BCUT2D eigenvalue weighted by Gasteiger charge is 2.11. The third-order valence-corrected chi connectivity index (χ3v) is 3.45. The summed E-state index contributed by atoms with van der Waals surface area (Å²) in [4.78, 5) is 4.44. The van der Waals surface area contributed by atoms with Crippen molar-refractivity contribution in [1.82, 2.24) is 4.57 Å². The number of benzene rings is 2. The largest absolute Gasteiger partial charge is 0.494 e. The van der Waals surface area contributed by atoms with E-state index < -0.39 is 0 Å². The van der Waals surface area contributed by atoms with Gasteiger partial charge in [0.25, 0.3) is 0 Å². The van der Waals surface area contributed by atoms with E-state index in [-0.39, 0.29) is 5.88 Å². The highest BCUT2D eigenvalue weighted by atomic mass is 16.3. The number of aryl methyl sites for hydroxylation is 1. The molecule has 0 saturated heterocycles. The summed E-state index contributed by atoms with van der Waals surface area (Å²) in [6, 6.07) is 18.0. The first-order valence-electron chi connectivity index (χ1n) is 6.57. The second kappa shape index (κ2) is 5.21. The van der Waals surface area contributed by atoms with E-state index in [4.69, 9.17) is 0 Å². The van der Waals surface area contributed by atoms with Crippen LogP contribution in [0.1, 0.15) is 11.1 Å². The fraction of sp³-hybridized carbons (Fsp3) is 0.118. The molecular weight excluding hydrogens is 248 g/mol. The molecule has 1 N–H and O–H groups in total. The van der Waals surface area contributed by atoms with E-state index in [1.165, 1.54) is 0 Å². The molecule has 100 valence electrons. The average molecular weight is 264 g/mol. The molecule has 0 unspecified atom stereocenters. The fourth-order valence-electron chi connectivity index (χ4n) is 2.36. The number of hydrogen-bond acceptors (Lipinski definition) is 2. The zero-order valence-corrected chi connectivity index (χ0v) is 11.3. The second-order valence-electron chi connectivity index (χ2n) is 4.77. The van der Waals surface area contributed by atoms with E-state index in [2.05, 4.69) is 4.99 Å². The number of para-hydroxylation sites is 1. The maximum Gasteiger partial charge on any atom is 0.200 e. The van der Waals surface area contributed by atoms with Crippen LogP contribution in [0.4, 0.5) is 0 Å². The molecule has 1 heterocycles. The molecule has 0 fully saturated rings. The Morgan fingerprint density at radius 2 is 1.75 bits per heavy atom. The summed E-state index contributed by atoms with van der Waals surface area (Å²) in [6.07, 6.45) is 1.75. The Balaban J connectivity index is 1.93. The molecule has 0 spiro atoms. The van der Waals surface area contributed by atoms with Crippen LogP contribution in [-0.2, 0) is 13.6 Å². The fourth-order valence-corrected chi connectivity index (χ4v) is 2.36. The van der Waals surface area contributed by atoms with Gasteiger partial charge in [0.15, 0.2) is 0 Å². The topological polar surface area (TPSA) is 37.5 Å². The minimum atomic E-state index is 0.253. The van der Waals surface area contributed by atoms with E-state index in [1.807, 2.05) is 61.6 Å². The van der Waals surface area contributed by atoms with Gasteiger partial charge in [-0.3, -0.25) is 4.99 Å². The number of aromatic hydroxyl groups is 1. The van der Waals surface area contributed by atoms with Gasteiger partial charge in [0.2, 0.25) is 5.88 Å². The van der Waals surface area contributed by atoms with E-state index >= 15 is 0 Å². The van der Waals surface area contributed by atoms with E-state index in [0.29, 0.717) is 6.54 Å². The first-order valence-corrected chi connectivity index (χ1v) is 6.57. The van der Waals surface area contributed by atoms with Gasteiger partial charge >= 0.3 is 0 Å². The summed E-state index contributed by atoms with van der Waals surface area (Å²) in [5, 5.41) is 11.2. The standard InChI is InChI=1S/C17H16N2O/c1-19-16-10-6-5-9-14(16)15(17(19)20)12-18-11-13-7-3-2-4-8-13/h2-10,12,20H,11H2,1H3. The van der Waals surface area contributed by atoms with Gasteiger partial charge in [0, 0.05) is 18.6 Å². The molecule has 1 aromatic heterocycles. The Kier molecular flexibility index (Phi) is 3.25. The van der Waals surface area contributed by atoms with Crippen LogP contribution in [-0.4, -0.2) is 15.9 Å². The number of aliphatic imine (C=N–C) groups is 1. The van der Waals surface area contributed by atoms with Crippen LogP contribution >= 0.6 is 0 Å².